The largest absolute Gasteiger partial charge is 0.354 e. The second-order valence-corrected chi connectivity index (χ2v) is 8.19. The summed E-state index contributed by atoms with van der Waals surface area (Å²) in [5.74, 6) is -0.435. The lowest BCUT2D eigenvalue weighted by Gasteiger charge is -2.29. The highest BCUT2D eigenvalue weighted by atomic mass is 35.5. The number of hydrogen-bond acceptors (Lipinski definition) is 4. The van der Waals surface area contributed by atoms with Gasteiger partial charge in [0.2, 0.25) is 11.8 Å². The summed E-state index contributed by atoms with van der Waals surface area (Å²) in [6, 6.07) is 5.32. The van der Waals surface area contributed by atoms with Crippen LogP contribution in [0.3, 0.4) is 0 Å². The molecular weight excluding hydrogens is 362 g/mol. The van der Waals surface area contributed by atoms with Gasteiger partial charge in [0.25, 0.3) is 5.91 Å². The van der Waals surface area contributed by atoms with E-state index in [2.05, 4.69) is 10.6 Å². The van der Waals surface area contributed by atoms with Crippen molar-refractivity contribution in [2.75, 3.05) is 18.0 Å². The van der Waals surface area contributed by atoms with E-state index in [4.69, 9.17) is 11.6 Å². The minimum absolute atomic E-state index is 0.0534. The number of fused-ring (bicyclic) bond motifs is 3. The molecule has 8 heteroatoms. The molecule has 2 N–H and O–H groups in total. The zero-order valence-electron chi connectivity index (χ0n) is 14.1. The van der Waals surface area contributed by atoms with Crippen molar-refractivity contribution in [2.24, 2.45) is 5.92 Å². The van der Waals surface area contributed by atoms with Crippen LogP contribution in [0.25, 0.3) is 0 Å². The summed E-state index contributed by atoms with van der Waals surface area (Å²) in [5, 5.41) is 6.14. The maximum Gasteiger partial charge on any atom is 0.257 e. The van der Waals surface area contributed by atoms with E-state index in [9.17, 15) is 14.4 Å². The number of carbonyl (C=O) groups is 3. The zero-order valence-corrected chi connectivity index (χ0v) is 15.7. The number of hydrogen-bond donors (Lipinski definition) is 2. The summed E-state index contributed by atoms with van der Waals surface area (Å²) < 4.78 is 0. The molecule has 0 radical (unpaired) electrons. The summed E-state index contributed by atoms with van der Waals surface area (Å²) in [5.41, 5.74) is 0.697. The van der Waals surface area contributed by atoms with E-state index in [0.717, 1.165) is 4.90 Å². The van der Waals surface area contributed by atoms with Gasteiger partial charge in [-0.05, 0) is 24.6 Å². The molecule has 1 atom stereocenters. The lowest BCUT2D eigenvalue weighted by molar-refractivity contribution is -0.125. The fourth-order valence-electron chi connectivity index (χ4n) is 3.03. The fourth-order valence-corrected chi connectivity index (χ4v) is 4.61. The van der Waals surface area contributed by atoms with Crippen LogP contribution in [-0.4, -0.2) is 35.7 Å². The topological polar surface area (TPSA) is 78.5 Å². The summed E-state index contributed by atoms with van der Waals surface area (Å²) >= 11 is 7.45. The molecule has 3 rings (SSSR count). The van der Waals surface area contributed by atoms with Gasteiger partial charge in [0, 0.05) is 35.3 Å². The van der Waals surface area contributed by atoms with E-state index in [1.807, 2.05) is 19.9 Å². The molecule has 0 aliphatic carbocycles. The summed E-state index contributed by atoms with van der Waals surface area (Å²) in [7, 11) is 0. The molecule has 2 aliphatic rings. The highest BCUT2D eigenvalue weighted by Gasteiger charge is 2.57. The predicted molar refractivity (Wildman–Crippen MR) is 97.6 cm³/mol. The number of anilines is 1. The van der Waals surface area contributed by atoms with Gasteiger partial charge in [-0.1, -0.05) is 37.2 Å². The lowest BCUT2D eigenvalue weighted by atomic mass is 10.2. The van der Waals surface area contributed by atoms with Gasteiger partial charge in [0.05, 0.1) is 5.69 Å². The van der Waals surface area contributed by atoms with Crippen LogP contribution in [-0.2, 0) is 14.4 Å². The van der Waals surface area contributed by atoms with Crippen LogP contribution in [0.1, 0.15) is 26.7 Å². The maximum absolute atomic E-state index is 12.9. The highest BCUT2D eigenvalue weighted by Crippen LogP contribution is 2.56. The Kier molecular flexibility index (Phi) is 4.97. The average Bonchev–Trinajstić information content (AvgIpc) is 3.07. The maximum atomic E-state index is 12.9. The van der Waals surface area contributed by atoms with Crippen molar-refractivity contribution in [2.45, 2.75) is 36.5 Å². The molecule has 1 fully saturated rings. The van der Waals surface area contributed by atoms with E-state index in [1.165, 1.54) is 11.8 Å². The lowest BCUT2D eigenvalue weighted by Crippen LogP contribution is -2.53. The molecule has 0 unspecified atom stereocenters. The Morgan fingerprint density at radius 1 is 1.32 bits per heavy atom. The van der Waals surface area contributed by atoms with Crippen molar-refractivity contribution in [1.82, 2.24) is 10.6 Å². The molecular formula is C17H20ClN3O3S. The van der Waals surface area contributed by atoms with Crippen LogP contribution in [0.2, 0.25) is 5.02 Å². The van der Waals surface area contributed by atoms with Gasteiger partial charge in [0.1, 0.15) is 0 Å². The Hall–Kier alpha value is -1.73. The highest BCUT2D eigenvalue weighted by molar-refractivity contribution is 8.02. The fraction of sp³-hybridized carbons (Fsp3) is 0.471. The Bertz CT molecular complexity index is 740. The molecule has 3 amide bonds. The number of halogens is 1. The quantitative estimate of drug-likeness (QED) is 0.766. The van der Waals surface area contributed by atoms with E-state index >= 15 is 0 Å². The summed E-state index contributed by atoms with van der Waals surface area (Å²) in [4.78, 5) is 38.3. The SMILES string of the molecule is CC(C)C(=O)NCCNC(=O)[C@@]12CCC(=O)N1c1cc(Cl)ccc1S2. The molecule has 25 heavy (non-hydrogen) atoms. The molecule has 2 aliphatic heterocycles. The number of nitrogens with zero attached hydrogens (tertiary/aromatic N) is 1. The van der Waals surface area contributed by atoms with E-state index in [-0.39, 0.29) is 23.6 Å². The summed E-state index contributed by atoms with van der Waals surface area (Å²) in [6.07, 6.45) is 0.781. The van der Waals surface area contributed by atoms with Crippen LogP contribution in [0.15, 0.2) is 23.1 Å². The van der Waals surface area contributed by atoms with E-state index in [0.29, 0.717) is 36.6 Å². The monoisotopic (exact) mass is 381 g/mol. The van der Waals surface area contributed by atoms with E-state index < -0.39 is 4.87 Å². The van der Waals surface area contributed by atoms with Gasteiger partial charge in [-0.2, -0.15) is 0 Å². The molecule has 134 valence electrons. The number of amides is 3. The van der Waals surface area contributed by atoms with Crippen LogP contribution < -0.4 is 15.5 Å². The van der Waals surface area contributed by atoms with Crippen molar-refractivity contribution in [3.63, 3.8) is 0 Å². The van der Waals surface area contributed by atoms with Crippen LogP contribution in [0, 0.1) is 5.92 Å². The first-order valence-corrected chi connectivity index (χ1v) is 9.42. The smallest absolute Gasteiger partial charge is 0.257 e. The van der Waals surface area contributed by atoms with Gasteiger partial charge >= 0.3 is 0 Å². The van der Waals surface area contributed by atoms with Crippen molar-refractivity contribution in [1.29, 1.82) is 0 Å². The van der Waals surface area contributed by atoms with Crippen LogP contribution in [0.5, 0.6) is 0 Å². The van der Waals surface area contributed by atoms with Crippen molar-refractivity contribution in [3.8, 4) is 0 Å². The van der Waals surface area contributed by atoms with Crippen molar-refractivity contribution < 1.29 is 14.4 Å². The number of thioether (sulfide) groups is 1. The average molecular weight is 382 g/mol. The van der Waals surface area contributed by atoms with Crippen LogP contribution in [0.4, 0.5) is 5.69 Å². The third-order valence-electron chi connectivity index (χ3n) is 4.32. The summed E-state index contributed by atoms with van der Waals surface area (Å²) in [6.45, 7) is 4.30. The molecule has 0 bridgehead atoms. The minimum Gasteiger partial charge on any atom is -0.354 e. The van der Waals surface area contributed by atoms with E-state index in [1.54, 1.807) is 17.0 Å². The molecule has 1 saturated heterocycles. The predicted octanol–water partition coefficient (Wildman–Crippen LogP) is 2.16. The first-order valence-electron chi connectivity index (χ1n) is 8.23. The molecule has 2 heterocycles. The Balaban J connectivity index is 1.70. The van der Waals surface area contributed by atoms with Gasteiger partial charge in [0.15, 0.2) is 4.87 Å². The molecule has 6 nitrogen and oxygen atoms in total. The first kappa shape index (κ1) is 18.1. The Morgan fingerprint density at radius 2 is 2.04 bits per heavy atom. The molecule has 0 saturated carbocycles. The number of nitrogens with one attached hydrogen (secondary N) is 2. The van der Waals surface area contributed by atoms with Gasteiger partial charge in [-0.3, -0.25) is 19.3 Å². The van der Waals surface area contributed by atoms with Crippen LogP contribution >= 0.6 is 23.4 Å². The Labute approximate surface area is 155 Å². The van der Waals surface area contributed by atoms with Crippen molar-refractivity contribution >= 4 is 46.8 Å². The minimum atomic E-state index is -0.952. The Morgan fingerprint density at radius 3 is 2.76 bits per heavy atom. The first-order chi connectivity index (χ1) is 11.8. The molecule has 0 aromatic heterocycles. The third-order valence-corrected chi connectivity index (χ3v) is 6.03. The third kappa shape index (κ3) is 3.22. The normalized spacial score (nSPS) is 21.3. The standard InChI is InChI=1S/C17H20ClN3O3S/c1-10(2)15(23)19-7-8-20-16(24)17-6-5-14(22)21(17)12-9-11(18)3-4-13(12)25-17/h3-4,9-10H,5-8H2,1-2H3,(H,19,23)(H,20,24)/t17-/m0/s1. The van der Waals surface area contributed by atoms with Gasteiger partial charge in [-0.25, -0.2) is 0 Å². The van der Waals surface area contributed by atoms with Crippen molar-refractivity contribution in [3.05, 3.63) is 23.2 Å². The molecule has 1 aromatic carbocycles. The number of carbonyl (C=O) groups excluding carboxylic acids is 3. The second-order valence-electron chi connectivity index (χ2n) is 6.43. The second kappa shape index (κ2) is 6.88. The van der Waals surface area contributed by atoms with Gasteiger partial charge < -0.3 is 10.6 Å². The number of benzene rings is 1. The zero-order chi connectivity index (χ0) is 18.2. The van der Waals surface area contributed by atoms with Gasteiger partial charge in [-0.15, -0.1) is 0 Å². The number of rotatable bonds is 5. The molecule has 1 aromatic rings. The molecule has 0 spiro atoms.